The minimum atomic E-state index is -0.514. The van der Waals surface area contributed by atoms with Crippen LogP contribution in [0.15, 0.2) is 39.9 Å². The summed E-state index contributed by atoms with van der Waals surface area (Å²) in [7, 11) is 0. The van der Waals surface area contributed by atoms with Crippen LogP contribution in [0, 0.1) is 15.5 Å². The fourth-order valence-corrected chi connectivity index (χ4v) is 2.86. The number of hydrogen-bond donors (Lipinski definition) is 1. The molecule has 1 N–H and O–H groups in total. The van der Waals surface area contributed by atoms with Crippen molar-refractivity contribution in [2.24, 2.45) is 10.1 Å². The fraction of sp³-hybridized carbons (Fsp3) is 0.143. The molecule has 0 atom stereocenters. The van der Waals surface area contributed by atoms with Gasteiger partial charge >= 0.3 is 0 Å². The third kappa shape index (κ3) is 2.78. The van der Waals surface area contributed by atoms with Crippen molar-refractivity contribution in [1.29, 1.82) is 5.41 Å². The predicted octanol–water partition coefficient (Wildman–Crippen LogP) is 2.62. The molecule has 2 aliphatic rings. The summed E-state index contributed by atoms with van der Waals surface area (Å²) in [5, 5.41) is 25.6. The second-order valence-corrected chi connectivity index (χ2v) is 5.76. The third-order valence-corrected chi connectivity index (χ3v) is 4.27. The van der Waals surface area contributed by atoms with Gasteiger partial charge in [-0.15, -0.1) is 0 Å². The second kappa shape index (κ2) is 5.76. The topological polar surface area (TPSA) is 112 Å². The molecule has 0 fully saturated rings. The maximum absolute atomic E-state index is 12.1. The Kier molecular flexibility index (Phi) is 3.78. The van der Waals surface area contributed by atoms with Crippen LogP contribution in [0.1, 0.15) is 18.9 Å². The second-order valence-electron chi connectivity index (χ2n) is 4.72. The molecule has 116 valence electrons. The Balaban J connectivity index is 1.94. The highest BCUT2D eigenvalue weighted by Gasteiger charge is 2.34. The molecule has 0 bridgehead atoms. The first kappa shape index (κ1) is 15.1. The third-order valence-electron chi connectivity index (χ3n) is 3.21. The molecule has 2 heterocycles. The normalized spacial score (nSPS) is 18.8. The van der Waals surface area contributed by atoms with Crippen LogP contribution in [0.3, 0.4) is 0 Å². The minimum Gasteiger partial charge on any atom is -0.282 e. The molecule has 0 aromatic heterocycles. The van der Waals surface area contributed by atoms with Crippen molar-refractivity contribution >= 4 is 45.5 Å². The summed E-state index contributed by atoms with van der Waals surface area (Å²) in [6.45, 7) is 1.93. The van der Waals surface area contributed by atoms with E-state index in [1.165, 1.54) is 47.1 Å². The van der Waals surface area contributed by atoms with Gasteiger partial charge in [-0.05, 0) is 42.0 Å². The van der Waals surface area contributed by atoms with Crippen molar-refractivity contribution in [1.82, 2.24) is 5.01 Å². The maximum atomic E-state index is 12.1. The van der Waals surface area contributed by atoms with Gasteiger partial charge in [0.1, 0.15) is 5.04 Å². The zero-order chi connectivity index (χ0) is 16.6. The van der Waals surface area contributed by atoms with Crippen LogP contribution in [-0.2, 0) is 4.79 Å². The van der Waals surface area contributed by atoms with Gasteiger partial charge in [-0.2, -0.15) is 15.1 Å². The summed E-state index contributed by atoms with van der Waals surface area (Å²) < 4.78 is 0. The van der Waals surface area contributed by atoms with E-state index in [0.29, 0.717) is 17.2 Å². The number of carbonyl (C=O) groups excluding carboxylic acids is 1. The number of carbonyl (C=O) groups is 1. The Labute approximate surface area is 135 Å². The minimum absolute atomic E-state index is 0.0364. The van der Waals surface area contributed by atoms with Gasteiger partial charge in [-0.3, -0.25) is 20.3 Å². The lowest BCUT2D eigenvalue weighted by Crippen LogP contribution is -2.35. The quantitative estimate of drug-likeness (QED) is 0.520. The van der Waals surface area contributed by atoms with E-state index in [0.717, 1.165) is 5.04 Å². The molecule has 0 unspecified atom stereocenters. The average Bonchev–Trinajstić information content (AvgIpc) is 2.95. The summed E-state index contributed by atoms with van der Waals surface area (Å²) in [4.78, 5) is 26.2. The Bertz CT molecular complexity index is 810. The number of nitrogens with zero attached hydrogens (tertiary/aromatic N) is 4. The Hall–Kier alpha value is -2.81. The van der Waals surface area contributed by atoms with Crippen LogP contribution < -0.4 is 0 Å². The van der Waals surface area contributed by atoms with Gasteiger partial charge in [0.05, 0.1) is 10.5 Å². The van der Waals surface area contributed by atoms with E-state index in [4.69, 9.17) is 5.41 Å². The first-order valence-electron chi connectivity index (χ1n) is 6.73. The number of amidine groups is 2. The number of nitrogens with one attached hydrogen (secondary N) is 1. The van der Waals surface area contributed by atoms with Crippen LogP contribution >= 0.6 is 11.8 Å². The van der Waals surface area contributed by atoms with Crippen LogP contribution in [-0.4, -0.2) is 31.9 Å². The number of hydrazone groups is 1. The number of nitro groups is 1. The number of non-ortho nitro benzene ring substituents is 1. The van der Waals surface area contributed by atoms with Gasteiger partial charge in [-0.1, -0.05) is 6.92 Å². The van der Waals surface area contributed by atoms with Crippen LogP contribution in [0.2, 0.25) is 0 Å². The molecule has 3 rings (SSSR count). The Morgan fingerprint density at radius 1 is 1.39 bits per heavy atom. The molecule has 1 aromatic rings. The summed E-state index contributed by atoms with van der Waals surface area (Å²) >= 11 is 1.28. The zero-order valence-corrected chi connectivity index (χ0v) is 12.8. The van der Waals surface area contributed by atoms with Gasteiger partial charge in [0.2, 0.25) is 5.17 Å². The number of nitro benzene ring substituents is 1. The SMILES string of the molecule is CCC1=NN2C(=N)/C(=C/c3ccc([N+](=O)[O-])cc3)C(=O)N=C2S1. The molecule has 1 aromatic carbocycles. The van der Waals surface area contributed by atoms with E-state index < -0.39 is 10.8 Å². The van der Waals surface area contributed by atoms with Gasteiger partial charge in [0.25, 0.3) is 11.6 Å². The number of aliphatic imine (C=N–C) groups is 1. The van der Waals surface area contributed by atoms with E-state index in [2.05, 4.69) is 10.1 Å². The number of rotatable bonds is 3. The van der Waals surface area contributed by atoms with Crippen molar-refractivity contribution in [3.05, 3.63) is 45.5 Å². The Morgan fingerprint density at radius 3 is 2.70 bits per heavy atom. The number of fused-ring (bicyclic) bond motifs is 1. The van der Waals surface area contributed by atoms with Crippen LogP contribution in [0.25, 0.3) is 6.08 Å². The van der Waals surface area contributed by atoms with Crippen molar-refractivity contribution in [2.75, 3.05) is 0 Å². The molecule has 2 aliphatic heterocycles. The number of thioether (sulfide) groups is 1. The van der Waals surface area contributed by atoms with Gasteiger partial charge in [0, 0.05) is 12.1 Å². The van der Waals surface area contributed by atoms with Crippen LogP contribution in [0.4, 0.5) is 5.69 Å². The number of hydrogen-bond acceptors (Lipinski definition) is 6. The van der Waals surface area contributed by atoms with Crippen molar-refractivity contribution in [2.45, 2.75) is 13.3 Å². The highest BCUT2D eigenvalue weighted by molar-refractivity contribution is 8.26. The van der Waals surface area contributed by atoms with E-state index in [1.807, 2.05) is 6.92 Å². The highest BCUT2D eigenvalue weighted by Crippen LogP contribution is 2.29. The molecule has 8 nitrogen and oxygen atoms in total. The standard InChI is InChI=1S/C14H11N5O3S/c1-2-11-17-18-12(15)10(13(20)16-14(18)23-11)7-8-3-5-9(6-4-8)19(21)22/h3-7,15H,2H2,1H3/b10-7-,15-12?. The lowest BCUT2D eigenvalue weighted by atomic mass is 10.1. The first-order chi connectivity index (χ1) is 11.0. The van der Waals surface area contributed by atoms with Gasteiger partial charge in [-0.25, -0.2) is 0 Å². The van der Waals surface area contributed by atoms with Crippen molar-refractivity contribution in [3.63, 3.8) is 0 Å². The first-order valence-corrected chi connectivity index (χ1v) is 7.55. The van der Waals surface area contributed by atoms with Gasteiger partial charge in [0.15, 0.2) is 5.84 Å². The number of amides is 1. The van der Waals surface area contributed by atoms with E-state index in [1.54, 1.807) is 0 Å². The molecule has 1 amide bonds. The Morgan fingerprint density at radius 2 is 2.09 bits per heavy atom. The van der Waals surface area contributed by atoms with E-state index in [-0.39, 0.29) is 17.1 Å². The van der Waals surface area contributed by atoms with Crippen molar-refractivity contribution in [3.8, 4) is 0 Å². The molecule has 0 radical (unpaired) electrons. The van der Waals surface area contributed by atoms with Crippen molar-refractivity contribution < 1.29 is 9.72 Å². The molecule has 23 heavy (non-hydrogen) atoms. The van der Waals surface area contributed by atoms with Gasteiger partial charge < -0.3 is 0 Å². The summed E-state index contributed by atoms with van der Waals surface area (Å²) in [5.74, 6) is -0.561. The molecular weight excluding hydrogens is 318 g/mol. The monoisotopic (exact) mass is 329 g/mol. The lowest BCUT2D eigenvalue weighted by Gasteiger charge is -2.20. The van der Waals surface area contributed by atoms with E-state index in [9.17, 15) is 14.9 Å². The number of benzene rings is 1. The fourth-order valence-electron chi connectivity index (χ4n) is 2.03. The predicted molar refractivity (Wildman–Crippen MR) is 88.4 cm³/mol. The summed E-state index contributed by atoms with van der Waals surface area (Å²) in [5.41, 5.74) is 0.642. The van der Waals surface area contributed by atoms with Crippen LogP contribution in [0.5, 0.6) is 0 Å². The smallest absolute Gasteiger partial charge is 0.282 e. The summed E-state index contributed by atoms with van der Waals surface area (Å²) in [6, 6.07) is 5.73. The summed E-state index contributed by atoms with van der Waals surface area (Å²) in [6.07, 6.45) is 2.18. The maximum Gasteiger partial charge on any atom is 0.283 e. The molecule has 9 heteroatoms. The average molecular weight is 329 g/mol. The molecule has 0 saturated carbocycles. The molecular formula is C14H11N5O3S. The van der Waals surface area contributed by atoms with E-state index >= 15 is 0 Å². The zero-order valence-electron chi connectivity index (χ0n) is 12.0. The molecule has 0 aliphatic carbocycles. The highest BCUT2D eigenvalue weighted by atomic mass is 32.2. The molecule has 0 spiro atoms. The lowest BCUT2D eigenvalue weighted by molar-refractivity contribution is -0.384. The largest absolute Gasteiger partial charge is 0.283 e. The molecule has 0 saturated heterocycles.